The number of alkyl halides is 3. The average molecular weight is 342 g/mol. The number of hydrogen-bond donors (Lipinski definition) is 1. The Hall–Kier alpha value is -2.84. The van der Waals surface area contributed by atoms with Crippen molar-refractivity contribution < 1.29 is 32.0 Å². The van der Waals surface area contributed by atoms with E-state index < -0.39 is 29.7 Å². The van der Waals surface area contributed by atoms with Crippen molar-refractivity contribution in [1.29, 1.82) is 0 Å². The van der Waals surface area contributed by atoms with E-state index in [0.717, 1.165) is 24.3 Å². The van der Waals surface area contributed by atoms with E-state index in [9.17, 15) is 22.8 Å². The lowest BCUT2D eigenvalue weighted by Gasteiger charge is -2.10. The molecule has 6 nitrogen and oxygen atoms in total. The molecule has 1 atom stereocenters. The van der Waals surface area contributed by atoms with E-state index >= 15 is 0 Å². The number of hydrogen-bond acceptors (Lipinski definition) is 5. The number of amides is 1. The first-order valence-electron chi connectivity index (χ1n) is 6.75. The molecule has 0 saturated carbocycles. The minimum absolute atomic E-state index is 0.0166. The molecule has 0 fully saturated rings. The van der Waals surface area contributed by atoms with Crippen LogP contribution in [-0.2, 0) is 15.7 Å². The molecule has 1 amide bonds. The number of primary amides is 1. The van der Waals surface area contributed by atoms with Crippen molar-refractivity contribution >= 4 is 11.9 Å². The van der Waals surface area contributed by atoms with Crippen LogP contribution in [0.15, 0.2) is 28.8 Å². The van der Waals surface area contributed by atoms with Crippen LogP contribution in [0.5, 0.6) is 0 Å². The van der Waals surface area contributed by atoms with Gasteiger partial charge in [0.15, 0.2) is 6.10 Å². The number of rotatable bonds is 4. The number of carbonyl (C=O) groups excluding carboxylic acids is 2. The van der Waals surface area contributed by atoms with Gasteiger partial charge in [0.1, 0.15) is 17.0 Å². The summed E-state index contributed by atoms with van der Waals surface area (Å²) in [7, 11) is 0. The number of nitrogens with zero attached hydrogens (tertiary/aromatic N) is 1. The second-order valence-corrected chi connectivity index (χ2v) is 4.99. The van der Waals surface area contributed by atoms with Gasteiger partial charge in [-0.15, -0.1) is 0 Å². The van der Waals surface area contributed by atoms with Crippen molar-refractivity contribution in [2.45, 2.75) is 26.1 Å². The highest BCUT2D eigenvalue weighted by Gasteiger charge is 2.31. The number of esters is 1. The number of aryl methyl sites for hydroxylation is 1. The van der Waals surface area contributed by atoms with Crippen LogP contribution in [0.4, 0.5) is 13.2 Å². The zero-order valence-electron chi connectivity index (χ0n) is 12.7. The van der Waals surface area contributed by atoms with Gasteiger partial charge in [0.2, 0.25) is 0 Å². The number of carbonyl (C=O) groups is 2. The second kappa shape index (κ2) is 6.34. The standard InChI is InChI=1S/C15H13F3N2O4/c1-7-11(14(22)23-8(2)13(19)21)12(20-24-7)9-3-5-10(6-4-9)15(16,17)18/h3-6,8H,1-2H3,(H2,19,21)/t8-/m0/s1. The maximum atomic E-state index is 12.6. The third-order valence-electron chi connectivity index (χ3n) is 3.24. The quantitative estimate of drug-likeness (QED) is 0.862. The summed E-state index contributed by atoms with van der Waals surface area (Å²) in [6, 6.07) is 4.05. The largest absolute Gasteiger partial charge is 0.449 e. The molecule has 9 heteroatoms. The molecule has 1 aromatic heterocycles. The molecule has 1 aromatic carbocycles. The van der Waals surface area contributed by atoms with E-state index in [1.54, 1.807) is 0 Å². The molecule has 2 N–H and O–H groups in total. The summed E-state index contributed by atoms with van der Waals surface area (Å²) in [6.07, 6.45) is -5.65. The molecule has 24 heavy (non-hydrogen) atoms. The normalized spacial score (nSPS) is 12.7. The Bertz CT molecular complexity index is 766. The Balaban J connectivity index is 2.36. The van der Waals surface area contributed by atoms with E-state index in [1.165, 1.54) is 13.8 Å². The fraction of sp³-hybridized carbons (Fsp3) is 0.267. The van der Waals surface area contributed by atoms with E-state index in [0.29, 0.717) is 0 Å². The first-order valence-corrected chi connectivity index (χ1v) is 6.75. The zero-order chi connectivity index (χ0) is 18.1. The molecule has 128 valence electrons. The van der Waals surface area contributed by atoms with Gasteiger partial charge in [0, 0.05) is 5.56 Å². The Morgan fingerprint density at radius 2 is 1.83 bits per heavy atom. The molecule has 0 radical (unpaired) electrons. The Labute approximate surface area is 134 Å². The molecule has 0 aliphatic carbocycles. The maximum absolute atomic E-state index is 12.6. The van der Waals surface area contributed by atoms with Crippen molar-refractivity contribution in [3.63, 3.8) is 0 Å². The molecule has 0 aliphatic heterocycles. The fourth-order valence-corrected chi connectivity index (χ4v) is 1.90. The number of halogens is 3. The van der Waals surface area contributed by atoms with Gasteiger partial charge in [-0.05, 0) is 26.0 Å². The minimum atomic E-state index is -4.48. The molecule has 2 rings (SSSR count). The second-order valence-electron chi connectivity index (χ2n) is 4.99. The van der Waals surface area contributed by atoms with Gasteiger partial charge in [-0.2, -0.15) is 13.2 Å². The van der Waals surface area contributed by atoms with Crippen molar-refractivity contribution in [2.24, 2.45) is 5.73 Å². The molecule has 0 aliphatic rings. The van der Waals surface area contributed by atoms with Gasteiger partial charge >= 0.3 is 12.1 Å². The Morgan fingerprint density at radius 1 is 1.25 bits per heavy atom. The lowest BCUT2D eigenvalue weighted by Crippen LogP contribution is -2.30. The lowest BCUT2D eigenvalue weighted by molar-refractivity contribution is -0.137. The number of benzene rings is 1. The third-order valence-corrected chi connectivity index (χ3v) is 3.24. The smallest absolute Gasteiger partial charge is 0.416 e. The predicted octanol–water partition coefficient (Wildman–Crippen LogP) is 2.70. The van der Waals surface area contributed by atoms with Crippen LogP contribution < -0.4 is 5.73 Å². The van der Waals surface area contributed by atoms with Crippen LogP contribution in [0, 0.1) is 6.92 Å². The summed E-state index contributed by atoms with van der Waals surface area (Å²) in [5.74, 6) is -1.64. The summed E-state index contributed by atoms with van der Waals surface area (Å²) >= 11 is 0. The van der Waals surface area contributed by atoms with Crippen LogP contribution >= 0.6 is 0 Å². The first-order chi connectivity index (χ1) is 11.1. The zero-order valence-corrected chi connectivity index (χ0v) is 12.7. The van der Waals surface area contributed by atoms with Gasteiger partial charge in [-0.25, -0.2) is 4.79 Å². The molecule has 1 heterocycles. The minimum Gasteiger partial charge on any atom is -0.449 e. The predicted molar refractivity (Wildman–Crippen MR) is 75.7 cm³/mol. The number of aromatic nitrogens is 1. The van der Waals surface area contributed by atoms with Crippen molar-refractivity contribution in [1.82, 2.24) is 5.16 Å². The number of ether oxygens (including phenoxy) is 1. The number of nitrogens with two attached hydrogens (primary N) is 1. The van der Waals surface area contributed by atoms with Crippen molar-refractivity contribution in [3.05, 3.63) is 41.2 Å². The molecule has 0 spiro atoms. The summed E-state index contributed by atoms with van der Waals surface area (Å²) in [5.41, 5.74) is 4.36. The van der Waals surface area contributed by atoms with Gasteiger partial charge < -0.3 is 15.0 Å². The third kappa shape index (κ3) is 3.55. The highest BCUT2D eigenvalue weighted by atomic mass is 19.4. The summed E-state index contributed by atoms with van der Waals surface area (Å²) in [6.45, 7) is 2.73. The highest BCUT2D eigenvalue weighted by Crippen LogP contribution is 2.32. The van der Waals surface area contributed by atoms with Gasteiger partial charge in [-0.1, -0.05) is 17.3 Å². The van der Waals surface area contributed by atoms with Crippen molar-refractivity contribution in [3.8, 4) is 11.3 Å². The van der Waals surface area contributed by atoms with Crippen LogP contribution in [0.2, 0.25) is 0 Å². The van der Waals surface area contributed by atoms with Gasteiger partial charge in [-0.3, -0.25) is 4.79 Å². The van der Waals surface area contributed by atoms with E-state index in [4.69, 9.17) is 15.0 Å². The van der Waals surface area contributed by atoms with Crippen LogP contribution in [-0.4, -0.2) is 23.1 Å². The van der Waals surface area contributed by atoms with Crippen molar-refractivity contribution in [2.75, 3.05) is 0 Å². The van der Waals surface area contributed by atoms with Gasteiger partial charge in [0.05, 0.1) is 5.56 Å². The van der Waals surface area contributed by atoms with E-state index in [1.807, 2.05) is 0 Å². The van der Waals surface area contributed by atoms with Gasteiger partial charge in [0.25, 0.3) is 5.91 Å². The summed E-state index contributed by atoms with van der Waals surface area (Å²) in [5, 5.41) is 3.68. The highest BCUT2D eigenvalue weighted by molar-refractivity contribution is 5.98. The molecule has 0 bridgehead atoms. The first kappa shape index (κ1) is 17.5. The summed E-state index contributed by atoms with van der Waals surface area (Å²) < 4.78 is 47.6. The lowest BCUT2D eigenvalue weighted by atomic mass is 10.0. The topological polar surface area (TPSA) is 95.4 Å². The van der Waals surface area contributed by atoms with Crippen LogP contribution in [0.1, 0.15) is 28.6 Å². The molecular weight excluding hydrogens is 329 g/mol. The van der Waals surface area contributed by atoms with E-state index in [2.05, 4.69) is 5.16 Å². The SMILES string of the molecule is Cc1onc(-c2ccc(C(F)(F)F)cc2)c1C(=O)O[C@@H](C)C(N)=O. The molecule has 0 unspecified atom stereocenters. The molecule has 2 aromatic rings. The Kier molecular flexibility index (Phi) is 4.63. The fourth-order valence-electron chi connectivity index (χ4n) is 1.90. The van der Waals surface area contributed by atoms with Crippen LogP contribution in [0.3, 0.4) is 0 Å². The van der Waals surface area contributed by atoms with Crippen LogP contribution in [0.25, 0.3) is 11.3 Å². The maximum Gasteiger partial charge on any atom is 0.416 e. The summed E-state index contributed by atoms with van der Waals surface area (Å²) in [4.78, 5) is 23.1. The monoisotopic (exact) mass is 342 g/mol. The Morgan fingerprint density at radius 3 is 2.33 bits per heavy atom. The molecular formula is C15H13F3N2O4. The molecule has 0 saturated heterocycles. The average Bonchev–Trinajstić information content (AvgIpc) is 2.88. The van der Waals surface area contributed by atoms with E-state index in [-0.39, 0.29) is 22.6 Å².